The molecule has 1 amide bonds. The number of nitrogens with two attached hydrogens (primary N) is 1. The second-order valence-corrected chi connectivity index (χ2v) is 6.47. The first-order valence-corrected chi connectivity index (χ1v) is 7.87. The van der Waals surface area contributed by atoms with Gasteiger partial charge in [-0.2, -0.15) is 0 Å². The molecular formula is C18H26N2O2. The van der Waals surface area contributed by atoms with Crippen molar-refractivity contribution in [3.05, 3.63) is 35.6 Å². The Morgan fingerprint density at radius 1 is 1.18 bits per heavy atom. The Bertz CT molecular complexity index is 658. The molecular weight excluding hydrogens is 276 g/mol. The second kappa shape index (κ2) is 6.53. The lowest BCUT2D eigenvalue weighted by Gasteiger charge is -2.24. The molecule has 0 saturated carbocycles. The van der Waals surface area contributed by atoms with Crippen LogP contribution in [0.3, 0.4) is 0 Å². The molecule has 1 aromatic heterocycles. The molecule has 0 saturated heterocycles. The van der Waals surface area contributed by atoms with Crippen molar-refractivity contribution >= 4 is 16.9 Å². The molecule has 1 aromatic carbocycles. The smallest absolute Gasteiger partial charge is 0.224 e. The number of fused-ring (bicyclic) bond motifs is 1. The SMILES string of the molecule is Cc1c(C(NC(=O)C(C)C(C)N)C(C)C)oc2ccccc12. The quantitative estimate of drug-likeness (QED) is 0.887. The van der Waals surface area contributed by atoms with Gasteiger partial charge in [-0.3, -0.25) is 4.79 Å². The van der Waals surface area contributed by atoms with E-state index < -0.39 is 0 Å². The standard InChI is InChI=1S/C18H26N2O2/c1-10(2)16(20-18(21)11(3)13(5)19)17-12(4)14-8-6-7-9-15(14)22-17/h6-11,13,16H,19H2,1-5H3,(H,20,21). The summed E-state index contributed by atoms with van der Waals surface area (Å²) in [5.41, 5.74) is 7.78. The van der Waals surface area contributed by atoms with Crippen LogP contribution in [0.25, 0.3) is 11.0 Å². The molecule has 4 nitrogen and oxygen atoms in total. The van der Waals surface area contributed by atoms with Crippen LogP contribution in [0, 0.1) is 18.8 Å². The van der Waals surface area contributed by atoms with Crippen molar-refractivity contribution < 1.29 is 9.21 Å². The molecule has 0 fully saturated rings. The molecule has 0 spiro atoms. The first-order chi connectivity index (χ1) is 10.3. The molecule has 4 heteroatoms. The number of carbonyl (C=O) groups is 1. The molecule has 0 radical (unpaired) electrons. The fraction of sp³-hybridized carbons (Fsp3) is 0.500. The van der Waals surface area contributed by atoms with E-state index in [2.05, 4.69) is 19.2 Å². The Morgan fingerprint density at radius 2 is 1.82 bits per heavy atom. The number of carbonyl (C=O) groups excluding carboxylic acids is 1. The van der Waals surface area contributed by atoms with E-state index in [0.717, 1.165) is 22.3 Å². The van der Waals surface area contributed by atoms with Gasteiger partial charge >= 0.3 is 0 Å². The van der Waals surface area contributed by atoms with Crippen LogP contribution in [0.1, 0.15) is 45.1 Å². The minimum atomic E-state index is -0.231. The van der Waals surface area contributed by atoms with E-state index in [9.17, 15) is 4.79 Å². The first kappa shape index (κ1) is 16.6. The highest BCUT2D eigenvalue weighted by molar-refractivity contribution is 5.83. The normalized spacial score (nSPS) is 15.8. The van der Waals surface area contributed by atoms with E-state index in [1.165, 1.54) is 0 Å². The zero-order chi connectivity index (χ0) is 16.4. The van der Waals surface area contributed by atoms with Crippen LogP contribution in [0.15, 0.2) is 28.7 Å². The lowest BCUT2D eigenvalue weighted by molar-refractivity contribution is -0.126. The minimum absolute atomic E-state index is 0.0337. The fourth-order valence-corrected chi connectivity index (χ4v) is 2.55. The summed E-state index contributed by atoms with van der Waals surface area (Å²) in [6, 6.07) is 7.62. The van der Waals surface area contributed by atoms with E-state index in [1.807, 2.05) is 45.0 Å². The Hall–Kier alpha value is -1.81. The molecule has 22 heavy (non-hydrogen) atoms. The Morgan fingerprint density at radius 3 is 2.36 bits per heavy atom. The fourth-order valence-electron chi connectivity index (χ4n) is 2.55. The van der Waals surface area contributed by atoms with E-state index in [1.54, 1.807) is 0 Å². The zero-order valence-electron chi connectivity index (χ0n) is 14.0. The molecule has 3 unspecified atom stereocenters. The molecule has 0 aliphatic heterocycles. The molecule has 2 aromatic rings. The molecule has 3 atom stereocenters. The van der Waals surface area contributed by atoms with E-state index >= 15 is 0 Å². The molecule has 0 aliphatic rings. The number of furan rings is 1. The third-order valence-electron chi connectivity index (χ3n) is 4.33. The summed E-state index contributed by atoms with van der Waals surface area (Å²) >= 11 is 0. The van der Waals surface area contributed by atoms with Gasteiger partial charge in [-0.15, -0.1) is 0 Å². The van der Waals surface area contributed by atoms with Crippen LogP contribution in [-0.2, 0) is 4.79 Å². The number of amides is 1. The number of benzene rings is 1. The monoisotopic (exact) mass is 302 g/mol. The summed E-state index contributed by atoms with van der Waals surface area (Å²) in [6.45, 7) is 9.89. The predicted octanol–water partition coefficient (Wildman–Crippen LogP) is 3.54. The molecule has 2 rings (SSSR count). The van der Waals surface area contributed by atoms with Gasteiger partial charge in [0, 0.05) is 22.9 Å². The van der Waals surface area contributed by atoms with E-state index in [-0.39, 0.29) is 29.8 Å². The Balaban J connectivity index is 2.35. The van der Waals surface area contributed by atoms with Gasteiger partial charge in [0.15, 0.2) is 0 Å². The number of rotatable bonds is 5. The molecule has 3 N–H and O–H groups in total. The number of hydrogen-bond acceptors (Lipinski definition) is 3. The van der Waals surface area contributed by atoms with E-state index in [0.29, 0.717) is 0 Å². The van der Waals surface area contributed by atoms with Gasteiger partial charge in [0.1, 0.15) is 11.3 Å². The lowest BCUT2D eigenvalue weighted by Crippen LogP contribution is -2.41. The summed E-state index contributed by atoms with van der Waals surface area (Å²) in [5.74, 6) is 0.796. The molecule has 1 heterocycles. The highest BCUT2D eigenvalue weighted by Crippen LogP contribution is 2.32. The van der Waals surface area contributed by atoms with Crippen molar-refractivity contribution in [3.63, 3.8) is 0 Å². The van der Waals surface area contributed by atoms with Crippen LogP contribution in [0.2, 0.25) is 0 Å². The third kappa shape index (κ3) is 3.17. The highest BCUT2D eigenvalue weighted by atomic mass is 16.3. The molecule has 0 aliphatic carbocycles. The lowest BCUT2D eigenvalue weighted by atomic mass is 9.96. The first-order valence-electron chi connectivity index (χ1n) is 7.87. The van der Waals surface area contributed by atoms with Crippen molar-refractivity contribution in [2.75, 3.05) is 0 Å². The van der Waals surface area contributed by atoms with Gasteiger partial charge in [0.05, 0.1) is 6.04 Å². The Labute approximate surface area is 132 Å². The third-order valence-corrected chi connectivity index (χ3v) is 4.33. The average Bonchev–Trinajstić information content (AvgIpc) is 2.80. The predicted molar refractivity (Wildman–Crippen MR) is 89.5 cm³/mol. The average molecular weight is 302 g/mol. The summed E-state index contributed by atoms with van der Waals surface area (Å²) < 4.78 is 6.02. The van der Waals surface area contributed by atoms with Crippen molar-refractivity contribution in [2.45, 2.75) is 46.7 Å². The van der Waals surface area contributed by atoms with Crippen molar-refractivity contribution in [3.8, 4) is 0 Å². The van der Waals surface area contributed by atoms with Gasteiger partial charge in [0.2, 0.25) is 5.91 Å². The summed E-state index contributed by atoms with van der Waals surface area (Å²) in [6.07, 6.45) is 0. The Kier molecular flexibility index (Phi) is 4.91. The largest absolute Gasteiger partial charge is 0.459 e. The number of aryl methyl sites for hydroxylation is 1. The van der Waals surface area contributed by atoms with Crippen LogP contribution in [0.5, 0.6) is 0 Å². The van der Waals surface area contributed by atoms with Crippen LogP contribution >= 0.6 is 0 Å². The summed E-state index contributed by atoms with van der Waals surface area (Å²) in [4.78, 5) is 12.4. The summed E-state index contributed by atoms with van der Waals surface area (Å²) in [5, 5.41) is 4.20. The van der Waals surface area contributed by atoms with Crippen LogP contribution < -0.4 is 11.1 Å². The van der Waals surface area contributed by atoms with Crippen LogP contribution in [0.4, 0.5) is 0 Å². The highest BCUT2D eigenvalue weighted by Gasteiger charge is 2.27. The van der Waals surface area contributed by atoms with Gasteiger partial charge in [-0.1, -0.05) is 39.0 Å². The number of nitrogens with one attached hydrogen (secondary N) is 1. The van der Waals surface area contributed by atoms with Crippen molar-refractivity contribution in [1.29, 1.82) is 0 Å². The minimum Gasteiger partial charge on any atom is -0.459 e. The van der Waals surface area contributed by atoms with Gasteiger partial charge in [0.25, 0.3) is 0 Å². The molecule has 120 valence electrons. The number of para-hydroxylation sites is 1. The molecule has 0 bridgehead atoms. The zero-order valence-corrected chi connectivity index (χ0v) is 14.0. The van der Waals surface area contributed by atoms with Crippen LogP contribution in [-0.4, -0.2) is 11.9 Å². The maximum atomic E-state index is 12.4. The summed E-state index contributed by atoms with van der Waals surface area (Å²) in [7, 11) is 0. The maximum absolute atomic E-state index is 12.4. The number of hydrogen-bond donors (Lipinski definition) is 2. The van der Waals surface area contributed by atoms with E-state index in [4.69, 9.17) is 10.2 Å². The van der Waals surface area contributed by atoms with Gasteiger partial charge < -0.3 is 15.5 Å². The topological polar surface area (TPSA) is 68.3 Å². The van der Waals surface area contributed by atoms with Crippen molar-refractivity contribution in [1.82, 2.24) is 5.32 Å². The van der Waals surface area contributed by atoms with Crippen molar-refractivity contribution in [2.24, 2.45) is 17.6 Å². The van der Waals surface area contributed by atoms with Gasteiger partial charge in [-0.05, 0) is 25.8 Å². The second-order valence-electron chi connectivity index (χ2n) is 6.47. The van der Waals surface area contributed by atoms with Gasteiger partial charge in [-0.25, -0.2) is 0 Å². The maximum Gasteiger partial charge on any atom is 0.224 e.